The molecule has 2 N–H and O–H groups in total. The molecule has 0 heterocycles. The van der Waals surface area contributed by atoms with Crippen LogP contribution in [0.5, 0.6) is 11.5 Å². The highest BCUT2D eigenvalue weighted by molar-refractivity contribution is 6.02. The van der Waals surface area contributed by atoms with Crippen molar-refractivity contribution in [2.75, 3.05) is 14.2 Å². The number of hydrogen-bond donors (Lipinski definition) is 1. The third kappa shape index (κ3) is 3.47. The lowest BCUT2D eigenvalue weighted by molar-refractivity contribution is 0.0947. The van der Waals surface area contributed by atoms with E-state index >= 15 is 0 Å². The molecule has 1 aromatic rings. The first kappa shape index (κ1) is 14.5. The number of carbonyl (C=O) groups is 1. The molecule has 1 atom stereocenters. The van der Waals surface area contributed by atoms with Crippen molar-refractivity contribution in [1.29, 1.82) is 0 Å². The number of methoxy groups -OCH3 is 2. The van der Waals surface area contributed by atoms with Gasteiger partial charge < -0.3 is 15.2 Å². The van der Waals surface area contributed by atoms with E-state index in [-0.39, 0.29) is 5.78 Å². The fourth-order valence-electron chi connectivity index (χ4n) is 1.82. The summed E-state index contributed by atoms with van der Waals surface area (Å²) in [6.45, 7) is 4.08. The monoisotopic (exact) mass is 251 g/mol. The maximum atomic E-state index is 12.3. The highest BCUT2D eigenvalue weighted by Gasteiger charge is 2.21. The molecule has 0 aromatic heterocycles. The van der Waals surface area contributed by atoms with Gasteiger partial charge in [-0.15, -0.1) is 0 Å². The molecule has 0 aliphatic rings. The molecule has 100 valence electrons. The van der Waals surface area contributed by atoms with Crippen LogP contribution in [0, 0.1) is 5.92 Å². The summed E-state index contributed by atoms with van der Waals surface area (Å²) >= 11 is 0. The average molecular weight is 251 g/mol. The standard InChI is InChI=1S/C14H21NO3/c1-9(2)7-12(15)14(16)11-8-10(17-3)5-6-13(11)18-4/h5-6,8-9,12H,7,15H2,1-4H3. The summed E-state index contributed by atoms with van der Waals surface area (Å²) < 4.78 is 10.3. The summed E-state index contributed by atoms with van der Waals surface area (Å²) in [4.78, 5) is 12.3. The minimum Gasteiger partial charge on any atom is -0.497 e. The van der Waals surface area contributed by atoms with E-state index in [1.807, 2.05) is 13.8 Å². The quantitative estimate of drug-likeness (QED) is 0.788. The third-order valence-corrected chi connectivity index (χ3v) is 2.73. The van der Waals surface area contributed by atoms with Gasteiger partial charge in [0.05, 0.1) is 25.8 Å². The summed E-state index contributed by atoms with van der Waals surface area (Å²) in [5.41, 5.74) is 6.40. The number of ether oxygens (including phenoxy) is 2. The average Bonchev–Trinajstić information content (AvgIpc) is 2.36. The molecule has 1 rings (SSSR count). The zero-order valence-electron chi connectivity index (χ0n) is 11.4. The number of carbonyl (C=O) groups excluding carboxylic acids is 1. The Morgan fingerprint density at radius 3 is 2.44 bits per heavy atom. The molecule has 18 heavy (non-hydrogen) atoms. The van der Waals surface area contributed by atoms with Crippen molar-refractivity contribution in [2.45, 2.75) is 26.3 Å². The van der Waals surface area contributed by atoms with Gasteiger partial charge in [-0.25, -0.2) is 0 Å². The van der Waals surface area contributed by atoms with Crippen molar-refractivity contribution >= 4 is 5.78 Å². The van der Waals surface area contributed by atoms with Crippen LogP contribution >= 0.6 is 0 Å². The van der Waals surface area contributed by atoms with Crippen LogP contribution in [0.1, 0.15) is 30.6 Å². The Bertz CT molecular complexity index is 416. The third-order valence-electron chi connectivity index (χ3n) is 2.73. The van der Waals surface area contributed by atoms with Gasteiger partial charge in [-0.2, -0.15) is 0 Å². The molecule has 1 aromatic carbocycles. The molecule has 0 amide bonds. The van der Waals surface area contributed by atoms with Gasteiger partial charge in [-0.3, -0.25) is 4.79 Å². The van der Waals surface area contributed by atoms with E-state index in [9.17, 15) is 4.79 Å². The first-order valence-electron chi connectivity index (χ1n) is 6.01. The molecular formula is C14H21NO3. The number of hydrogen-bond acceptors (Lipinski definition) is 4. The second kappa shape index (κ2) is 6.40. The Morgan fingerprint density at radius 2 is 1.94 bits per heavy atom. The first-order valence-corrected chi connectivity index (χ1v) is 6.01. The molecular weight excluding hydrogens is 230 g/mol. The van der Waals surface area contributed by atoms with Crippen molar-refractivity contribution in [1.82, 2.24) is 0 Å². The van der Waals surface area contributed by atoms with Crippen LogP contribution in [0.2, 0.25) is 0 Å². The summed E-state index contributed by atoms with van der Waals surface area (Å²) in [7, 11) is 3.09. The maximum Gasteiger partial charge on any atom is 0.183 e. The lowest BCUT2D eigenvalue weighted by atomic mass is 9.96. The van der Waals surface area contributed by atoms with Crippen molar-refractivity contribution in [3.63, 3.8) is 0 Å². The van der Waals surface area contributed by atoms with Crippen LogP contribution in [0.4, 0.5) is 0 Å². The summed E-state index contributed by atoms with van der Waals surface area (Å²) in [6.07, 6.45) is 0.652. The van der Waals surface area contributed by atoms with Crippen LogP contribution in [-0.4, -0.2) is 26.0 Å². The number of rotatable bonds is 6. The van der Waals surface area contributed by atoms with Gasteiger partial charge in [0.15, 0.2) is 5.78 Å². The molecule has 4 nitrogen and oxygen atoms in total. The Balaban J connectivity index is 3.02. The van der Waals surface area contributed by atoms with E-state index in [0.29, 0.717) is 29.4 Å². The molecule has 0 bridgehead atoms. The summed E-state index contributed by atoms with van der Waals surface area (Å²) in [5.74, 6) is 1.41. The van der Waals surface area contributed by atoms with E-state index in [4.69, 9.17) is 15.2 Å². The van der Waals surface area contributed by atoms with Crippen molar-refractivity contribution in [3.8, 4) is 11.5 Å². The molecule has 1 unspecified atom stereocenters. The lowest BCUT2D eigenvalue weighted by Gasteiger charge is -2.15. The van der Waals surface area contributed by atoms with Crippen molar-refractivity contribution in [3.05, 3.63) is 23.8 Å². The van der Waals surface area contributed by atoms with E-state index in [1.165, 1.54) is 7.11 Å². The smallest absolute Gasteiger partial charge is 0.183 e. The Kier molecular flexibility index (Phi) is 5.16. The molecule has 0 fully saturated rings. The van der Waals surface area contributed by atoms with Crippen LogP contribution < -0.4 is 15.2 Å². The Hall–Kier alpha value is -1.55. The molecule has 0 aliphatic heterocycles. The predicted octanol–water partition coefficient (Wildman–Crippen LogP) is 2.26. The number of ketones is 1. The maximum absolute atomic E-state index is 12.3. The summed E-state index contributed by atoms with van der Waals surface area (Å²) in [5, 5.41) is 0. The molecule has 0 saturated carbocycles. The normalized spacial score (nSPS) is 12.3. The van der Waals surface area contributed by atoms with Gasteiger partial charge in [0.2, 0.25) is 0 Å². The second-order valence-corrected chi connectivity index (χ2v) is 4.67. The van der Waals surface area contributed by atoms with Crippen LogP contribution in [0.3, 0.4) is 0 Å². The first-order chi connectivity index (χ1) is 8.49. The van der Waals surface area contributed by atoms with Gasteiger partial charge >= 0.3 is 0 Å². The molecule has 0 spiro atoms. The van der Waals surface area contributed by atoms with E-state index in [0.717, 1.165) is 0 Å². The van der Waals surface area contributed by atoms with E-state index in [2.05, 4.69) is 0 Å². The second-order valence-electron chi connectivity index (χ2n) is 4.67. The Morgan fingerprint density at radius 1 is 1.28 bits per heavy atom. The van der Waals surface area contributed by atoms with Crippen molar-refractivity contribution < 1.29 is 14.3 Å². The number of Topliss-reactive ketones (excluding diaryl/α,β-unsaturated/α-hetero) is 1. The predicted molar refractivity (Wildman–Crippen MR) is 71.3 cm³/mol. The Labute approximate surface area is 108 Å². The highest BCUT2D eigenvalue weighted by atomic mass is 16.5. The molecule has 0 saturated heterocycles. The molecule has 0 aliphatic carbocycles. The minimum atomic E-state index is -0.508. The van der Waals surface area contributed by atoms with Gasteiger partial charge in [-0.1, -0.05) is 13.8 Å². The van der Waals surface area contributed by atoms with Crippen LogP contribution in [0.25, 0.3) is 0 Å². The fourth-order valence-corrected chi connectivity index (χ4v) is 1.82. The number of nitrogens with two attached hydrogens (primary N) is 1. The largest absolute Gasteiger partial charge is 0.497 e. The van der Waals surface area contributed by atoms with E-state index in [1.54, 1.807) is 25.3 Å². The zero-order chi connectivity index (χ0) is 13.7. The van der Waals surface area contributed by atoms with Gasteiger partial charge in [-0.05, 0) is 30.5 Å². The summed E-state index contributed by atoms with van der Waals surface area (Å²) in [6, 6.07) is 4.63. The molecule has 4 heteroatoms. The van der Waals surface area contributed by atoms with Crippen molar-refractivity contribution in [2.24, 2.45) is 11.7 Å². The lowest BCUT2D eigenvalue weighted by Crippen LogP contribution is -2.32. The van der Waals surface area contributed by atoms with Gasteiger partial charge in [0.25, 0.3) is 0 Å². The zero-order valence-corrected chi connectivity index (χ0v) is 11.4. The SMILES string of the molecule is COc1ccc(OC)c(C(=O)C(N)CC(C)C)c1. The van der Waals surface area contributed by atoms with E-state index < -0.39 is 6.04 Å². The van der Waals surface area contributed by atoms with Gasteiger partial charge in [0, 0.05) is 0 Å². The number of benzene rings is 1. The van der Waals surface area contributed by atoms with Crippen LogP contribution in [0.15, 0.2) is 18.2 Å². The highest BCUT2D eigenvalue weighted by Crippen LogP contribution is 2.25. The van der Waals surface area contributed by atoms with Gasteiger partial charge in [0.1, 0.15) is 11.5 Å². The topological polar surface area (TPSA) is 61.5 Å². The molecule has 0 radical (unpaired) electrons. The minimum absolute atomic E-state index is 0.112. The fraction of sp³-hybridized carbons (Fsp3) is 0.500. The van der Waals surface area contributed by atoms with Crippen LogP contribution in [-0.2, 0) is 0 Å².